The maximum Gasteiger partial charge on any atom is 0.410 e. The van der Waals surface area contributed by atoms with Crippen LogP contribution in [0.1, 0.15) is 64.1 Å². The van der Waals surface area contributed by atoms with Crippen LogP contribution in [0.4, 0.5) is 4.79 Å². The lowest BCUT2D eigenvalue weighted by Gasteiger charge is -2.49. The first kappa shape index (κ1) is 23.6. The number of nitrogens with zero attached hydrogens (tertiary/aromatic N) is 1. The molecule has 32 heavy (non-hydrogen) atoms. The molecule has 2 atom stereocenters. The van der Waals surface area contributed by atoms with E-state index in [0.29, 0.717) is 25.8 Å². The van der Waals surface area contributed by atoms with E-state index in [2.05, 4.69) is 6.58 Å². The number of benzene rings is 2. The van der Waals surface area contributed by atoms with E-state index in [4.69, 9.17) is 9.47 Å². The molecule has 1 aliphatic rings. The fourth-order valence-electron chi connectivity index (χ4n) is 4.49. The second kappa shape index (κ2) is 9.60. The summed E-state index contributed by atoms with van der Waals surface area (Å²) in [5.41, 5.74) is 1.17. The van der Waals surface area contributed by atoms with E-state index < -0.39 is 23.3 Å². The van der Waals surface area contributed by atoms with Crippen molar-refractivity contribution in [2.45, 2.75) is 64.2 Å². The minimum Gasteiger partial charge on any atom is -0.456 e. The molecule has 0 unspecified atom stereocenters. The van der Waals surface area contributed by atoms with Crippen LogP contribution < -0.4 is 0 Å². The van der Waals surface area contributed by atoms with Gasteiger partial charge in [0.25, 0.3) is 0 Å². The molecule has 0 aromatic heterocycles. The SMILES string of the molecule is C=C(C[C@@]1(OC(C)=O)CCCN(C(=O)OC(C)(C)C)[C@@H]1c1ccccc1)c1ccccc1. The molecule has 1 aliphatic heterocycles. The van der Waals surface area contributed by atoms with Gasteiger partial charge < -0.3 is 9.47 Å². The van der Waals surface area contributed by atoms with Crippen molar-refractivity contribution in [2.75, 3.05) is 6.54 Å². The lowest BCUT2D eigenvalue weighted by atomic mass is 9.75. The fraction of sp³-hybridized carbons (Fsp3) is 0.407. The van der Waals surface area contributed by atoms with Crippen LogP contribution in [0.15, 0.2) is 67.2 Å². The lowest BCUT2D eigenvalue weighted by molar-refractivity contribution is -0.171. The Morgan fingerprint density at radius 2 is 1.66 bits per heavy atom. The molecule has 5 heteroatoms. The zero-order valence-corrected chi connectivity index (χ0v) is 19.5. The number of esters is 1. The predicted octanol–water partition coefficient (Wildman–Crippen LogP) is 6.16. The zero-order valence-electron chi connectivity index (χ0n) is 19.5. The average molecular weight is 436 g/mol. The van der Waals surface area contributed by atoms with Gasteiger partial charge in [-0.1, -0.05) is 67.2 Å². The summed E-state index contributed by atoms with van der Waals surface area (Å²) in [6.07, 6.45) is 1.32. The van der Waals surface area contributed by atoms with Crippen LogP contribution in [-0.4, -0.2) is 34.7 Å². The van der Waals surface area contributed by atoms with Crippen molar-refractivity contribution >= 4 is 17.6 Å². The Labute approximate surface area is 191 Å². The summed E-state index contributed by atoms with van der Waals surface area (Å²) in [5, 5.41) is 0. The maximum absolute atomic E-state index is 13.3. The van der Waals surface area contributed by atoms with Gasteiger partial charge in [-0.05, 0) is 50.3 Å². The lowest BCUT2D eigenvalue weighted by Crippen LogP contribution is -2.55. The van der Waals surface area contributed by atoms with Crippen LogP contribution in [0.25, 0.3) is 5.57 Å². The van der Waals surface area contributed by atoms with Gasteiger partial charge in [-0.15, -0.1) is 0 Å². The van der Waals surface area contributed by atoms with E-state index in [1.807, 2.05) is 81.4 Å². The van der Waals surface area contributed by atoms with Gasteiger partial charge in [0.1, 0.15) is 17.2 Å². The van der Waals surface area contributed by atoms with Crippen molar-refractivity contribution in [2.24, 2.45) is 0 Å². The zero-order chi connectivity index (χ0) is 23.4. The van der Waals surface area contributed by atoms with Crippen molar-refractivity contribution in [3.05, 3.63) is 78.4 Å². The molecule has 0 aliphatic carbocycles. The molecular formula is C27H33NO4. The van der Waals surface area contributed by atoms with Crippen LogP contribution in [0.5, 0.6) is 0 Å². The number of piperidine rings is 1. The molecule has 0 bridgehead atoms. The number of hydrogen-bond acceptors (Lipinski definition) is 4. The fourth-order valence-corrected chi connectivity index (χ4v) is 4.49. The molecule has 0 N–H and O–H groups in total. The van der Waals surface area contributed by atoms with Gasteiger partial charge in [0.05, 0.1) is 0 Å². The Hall–Kier alpha value is -3.08. The smallest absolute Gasteiger partial charge is 0.410 e. The first-order valence-corrected chi connectivity index (χ1v) is 11.1. The number of carbonyl (C=O) groups is 2. The van der Waals surface area contributed by atoms with E-state index in [1.165, 1.54) is 6.92 Å². The molecule has 0 spiro atoms. The molecule has 1 heterocycles. The minimum absolute atomic E-state index is 0.377. The second-order valence-electron chi connectivity index (χ2n) is 9.40. The summed E-state index contributed by atoms with van der Waals surface area (Å²) in [4.78, 5) is 27.3. The van der Waals surface area contributed by atoms with Gasteiger partial charge >= 0.3 is 12.1 Å². The standard InChI is InChI=1S/C27H33NO4/c1-20(22-13-8-6-9-14-22)19-27(31-21(2)29)17-12-18-28(25(30)32-26(3,4)5)24(27)23-15-10-7-11-16-23/h6-11,13-16,24H,1,12,17-19H2,2-5H3/t24-,27+/m1/s1. The maximum atomic E-state index is 13.3. The first-order chi connectivity index (χ1) is 15.1. The van der Waals surface area contributed by atoms with Gasteiger partial charge in [0.15, 0.2) is 0 Å². The third kappa shape index (κ3) is 5.58. The van der Waals surface area contributed by atoms with E-state index in [9.17, 15) is 9.59 Å². The largest absolute Gasteiger partial charge is 0.456 e. The molecule has 170 valence electrons. The van der Waals surface area contributed by atoms with E-state index in [1.54, 1.807) is 4.90 Å². The minimum atomic E-state index is -0.949. The van der Waals surface area contributed by atoms with Crippen molar-refractivity contribution in [3.8, 4) is 0 Å². The van der Waals surface area contributed by atoms with Gasteiger partial charge in [0, 0.05) is 19.9 Å². The summed E-state index contributed by atoms with van der Waals surface area (Å²) >= 11 is 0. The van der Waals surface area contributed by atoms with Crippen LogP contribution in [-0.2, 0) is 14.3 Å². The topological polar surface area (TPSA) is 55.8 Å². The quantitative estimate of drug-likeness (QED) is 0.528. The number of rotatable bonds is 5. The average Bonchev–Trinajstić information content (AvgIpc) is 2.73. The molecule has 0 saturated carbocycles. The molecule has 2 aromatic rings. The summed E-state index contributed by atoms with van der Waals surface area (Å²) < 4.78 is 11.8. The number of hydrogen-bond donors (Lipinski definition) is 0. The number of amides is 1. The molecule has 0 radical (unpaired) electrons. The van der Waals surface area contributed by atoms with Crippen LogP contribution in [0.2, 0.25) is 0 Å². The van der Waals surface area contributed by atoms with Crippen LogP contribution in [0, 0.1) is 0 Å². The highest BCUT2D eigenvalue weighted by atomic mass is 16.6. The Balaban J connectivity index is 2.08. The summed E-state index contributed by atoms with van der Waals surface area (Å²) in [6, 6.07) is 19.1. The predicted molar refractivity (Wildman–Crippen MR) is 126 cm³/mol. The highest BCUT2D eigenvalue weighted by Crippen LogP contribution is 2.47. The Morgan fingerprint density at radius 1 is 1.06 bits per heavy atom. The highest BCUT2D eigenvalue weighted by molar-refractivity contribution is 5.72. The monoisotopic (exact) mass is 435 g/mol. The second-order valence-corrected chi connectivity index (χ2v) is 9.40. The van der Waals surface area contributed by atoms with Crippen molar-refractivity contribution in [3.63, 3.8) is 0 Å². The Kier molecular flexibility index (Phi) is 7.07. The Morgan fingerprint density at radius 3 is 2.22 bits per heavy atom. The summed E-state index contributed by atoms with van der Waals surface area (Å²) in [7, 11) is 0. The normalized spacial score (nSPS) is 21.0. The van der Waals surface area contributed by atoms with Crippen molar-refractivity contribution < 1.29 is 19.1 Å². The molecule has 3 rings (SSSR count). The first-order valence-electron chi connectivity index (χ1n) is 11.1. The van der Waals surface area contributed by atoms with Crippen molar-refractivity contribution in [1.29, 1.82) is 0 Å². The Bertz CT molecular complexity index is 949. The van der Waals surface area contributed by atoms with E-state index >= 15 is 0 Å². The van der Waals surface area contributed by atoms with Gasteiger partial charge in [-0.25, -0.2) is 4.79 Å². The summed E-state index contributed by atoms with van der Waals surface area (Å²) in [5.74, 6) is -0.377. The van der Waals surface area contributed by atoms with E-state index in [-0.39, 0.29) is 5.97 Å². The molecule has 5 nitrogen and oxygen atoms in total. The number of ether oxygens (including phenoxy) is 2. The third-order valence-electron chi connectivity index (χ3n) is 5.59. The van der Waals surface area contributed by atoms with Crippen molar-refractivity contribution in [1.82, 2.24) is 4.90 Å². The van der Waals surface area contributed by atoms with Crippen LogP contribution in [0.3, 0.4) is 0 Å². The molecular weight excluding hydrogens is 402 g/mol. The molecule has 1 fully saturated rings. The molecule has 1 amide bonds. The van der Waals surface area contributed by atoms with Gasteiger partial charge in [-0.2, -0.15) is 0 Å². The van der Waals surface area contributed by atoms with E-state index in [0.717, 1.165) is 16.7 Å². The summed E-state index contributed by atoms with van der Waals surface area (Å²) in [6.45, 7) is 11.8. The van der Waals surface area contributed by atoms with Crippen LogP contribution >= 0.6 is 0 Å². The van der Waals surface area contributed by atoms with Gasteiger partial charge in [-0.3, -0.25) is 9.69 Å². The number of likely N-dealkylation sites (tertiary alicyclic amines) is 1. The highest BCUT2D eigenvalue weighted by Gasteiger charge is 2.51. The molecule has 1 saturated heterocycles. The molecule has 2 aromatic carbocycles. The third-order valence-corrected chi connectivity index (χ3v) is 5.59. The van der Waals surface area contributed by atoms with Gasteiger partial charge in [0.2, 0.25) is 0 Å². The number of carbonyl (C=O) groups excluding carboxylic acids is 2.